The quantitative estimate of drug-likeness (QED) is 0.633. The molecule has 0 unspecified atom stereocenters. The zero-order chi connectivity index (χ0) is 8.97. The molecule has 0 aliphatic carbocycles. The molecular weight excluding hydrogens is 154 g/mol. The smallest absolute Gasteiger partial charge is 0.157 e. The van der Waals surface area contributed by atoms with Gasteiger partial charge in [-0.05, 0) is 13.8 Å². The zero-order valence-electron chi connectivity index (χ0n) is 7.20. The molecule has 0 saturated heterocycles. The van der Waals surface area contributed by atoms with Crippen LogP contribution in [0.25, 0.3) is 0 Å². The molecule has 0 aliphatic rings. The number of ether oxygens (including phenoxy) is 1. The van der Waals surface area contributed by atoms with E-state index in [0.29, 0.717) is 0 Å². The van der Waals surface area contributed by atoms with Gasteiger partial charge in [0.15, 0.2) is 6.29 Å². The Morgan fingerprint density at radius 3 is 2.50 bits per heavy atom. The third-order valence-corrected chi connectivity index (χ3v) is 1.55. The molecule has 0 saturated carbocycles. The maximum atomic E-state index is 10.1. The van der Waals surface area contributed by atoms with Gasteiger partial charge in [0.2, 0.25) is 0 Å². The highest BCUT2D eigenvalue weighted by atomic mass is 16.5. The van der Waals surface area contributed by atoms with E-state index in [-0.39, 0.29) is 6.61 Å². The third kappa shape index (κ3) is 1.81. The molecule has 0 atom stereocenters. The van der Waals surface area contributed by atoms with E-state index in [4.69, 9.17) is 4.74 Å². The van der Waals surface area contributed by atoms with E-state index in [2.05, 4.69) is 4.98 Å². The fraction of sp³-hybridized carbons (Fsp3) is 0.333. The Bertz CT molecular complexity index is 264. The molecule has 3 heteroatoms. The van der Waals surface area contributed by atoms with Crippen molar-refractivity contribution in [1.82, 2.24) is 4.98 Å². The van der Waals surface area contributed by atoms with Crippen molar-refractivity contribution >= 4 is 6.29 Å². The topological polar surface area (TPSA) is 39.2 Å². The first-order chi connectivity index (χ1) is 5.75. The number of aromatic nitrogens is 1. The zero-order valence-corrected chi connectivity index (χ0v) is 7.20. The summed E-state index contributed by atoms with van der Waals surface area (Å²) in [5.74, 6) is 0.761. The normalized spacial score (nSPS) is 9.50. The van der Waals surface area contributed by atoms with Crippen LogP contribution >= 0.6 is 0 Å². The van der Waals surface area contributed by atoms with Crippen molar-refractivity contribution in [2.45, 2.75) is 13.8 Å². The minimum atomic E-state index is 0.103. The number of aryl methyl sites for hydroxylation is 2. The van der Waals surface area contributed by atoms with Crippen LogP contribution < -0.4 is 4.74 Å². The third-order valence-electron chi connectivity index (χ3n) is 1.55. The second-order valence-electron chi connectivity index (χ2n) is 2.58. The maximum Gasteiger partial charge on any atom is 0.157 e. The van der Waals surface area contributed by atoms with Gasteiger partial charge in [-0.3, -0.25) is 9.78 Å². The lowest BCUT2D eigenvalue weighted by molar-refractivity contribution is -0.109. The van der Waals surface area contributed by atoms with Crippen LogP contribution in [0, 0.1) is 13.8 Å². The second-order valence-corrected chi connectivity index (χ2v) is 2.58. The molecule has 1 heterocycles. The van der Waals surface area contributed by atoms with Crippen LogP contribution in [0.15, 0.2) is 12.4 Å². The Hall–Kier alpha value is -1.38. The van der Waals surface area contributed by atoms with Crippen LogP contribution in [0.3, 0.4) is 0 Å². The Labute approximate surface area is 71.4 Å². The van der Waals surface area contributed by atoms with Crippen LogP contribution in [-0.4, -0.2) is 17.9 Å². The summed E-state index contributed by atoms with van der Waals surface area (Å²) in [6, 6.07) is 0. The first-order valence-electron chi connectivity index (χ1n) is 3.73. The molecule has 0 aliphatic heterocycles. The van der Waals surface area contributed by atoms with Gasteiger partial charge in [0.05, 0.1) is 0 Å². The molecule has 0 radical (unpaired) electrons. The number of rotatable bonds is 3. The molecule has 64 valence electrons. The van der Waals surface area contributed by atoms with Gasteiger partial charge in [-0.2, -0.15) is 0 Å². The number of hydrogen-bond acceptors (Lipinski definition) is 3. The van der Waals surface area contributed by atoms with Crippen LogP contribution in [0.2, 0.25) is 0 Å². The molecule has 1 aromatic rings. The summed E-state index contributed by atoms with van der Waals surface area (Å²) in [7, 11) is 0. The van der Waals surface area contributed by atoms with Crippen molar-refractivity contribution in [1.29, 1.82) is 0 Å². The van der Waals surface area contributed by atoms with E-state index in [9.17, 15) is 4.79 Å². The molecule has 12 heavy (non-hydrogen) atoms. The van der Waals surface area contributed by atoms with Gasteiger partial charge < -0.3 is 4.74 Å². The van der Waals surface area contributed by atoms with Crippen molar-refractivity contribution in [3.8, 4) is 5.75 Å². The molecule has 3 nitrogen and oxygen atoms in total. The molecule has 0 bridgehead atoms. The minimum Gasteiger partial charge on any atom is -0.485 e. The second kappa shape index (κ2) is 3.85. The van der Waals surface area contributed by atoms with E-state index in [1.54, 1.807) is 12.4 Å². The molecule has 0 amide bonds. The molecule has 0 N–H and O–H groups in total. The highest BCUT2D eigenvalue weighted by molar-refractivity contribution is 5.52. The number of carbonyl (C=O) groups excluding carboxylic acids is 1. The number of aldehydes is 1. The fourth-order valence-electron chi connectivity index (χ4n) is 1.03. The molecule has 1 aromatic heterocycles. The lowest BCUT2D eigenvalue weighted by Gasteiger charge is -2.07. The molecule has 1 rings (SSSR count). The average molecular weight is 165 g/mol. The fourth-order valence-corrected chi connectivity index (χ4v) is 1.03. The Kier molecular flexibility index (Phi) is 2.80. The van der Waals surface area contributed by atoms with Gasteiger partial charge in [0, 0.05) is 23.5 Å². The molecule has 0 fully saturated rings. The molecule has 0 aromatic carbocycles. The summed E-state index contributed by atoms with van der Waals surface area (Å²) < 4.78 is 5.21. The van der Waals surface area contributed by atoms with Crippen LogP contribution in [0.1, 0.15) is 11.1 Å². The summed E-state index contributed by atoms with van der Waals surface area (Å²) in [5.41, 5.74) is 1.91. The van der Waals surface area contributed by atoms with Crippen LogP contribution in [0.4, 0.5) is 0 Å². The highest BCUT2D eigenvalue weighted by Gasteiger charge is 2.02. The Morgan fingerprint density at radius 2 is 2.00 bits per heavy atom. The van der Waals surface area contributed by atoms with Crippen molar-refractivity contribution in [2.24, 2.45) is 0 Å². The van der Waals surface area contributed by atoms with E-state index in [0.717, 1.165) is 23.2 Å². The van der Waals surface area contributed by atoms with Gasteiger partial charge in [-0.25, -0.2) is 0 Å². The first kappa shape index (κ1) is 8.71. The van der Waals surface area contributed by atoms with Gasteiger partial charge >= 0.3 is 0 Å². The summed E-state index contributed by atoms with van der Waals surface area (Å²) in [6.45, 7) is 3.91. The maximum absolute atomic E-state index is 10.1. The number of nitrogens with zero attached hydrogens (tertiary/aromatic N) is 1. The van der Waals surface area contributed by atoms with Crippen LogP contribution in [-0.2, 0) is 4.79 Å². The standard InChI is InChI=1S/C9H11NO2/c1-7-5-10-6-8(2)9(7)12-4-3-11/h3,5-6H,4H2,1-2H3. The predicted octanol–water partition coefficient (Wildman–Crippen LogP) is 1.28. The van der Waals surface area contributed by atoms with Gasteiger partial charge in [0.1, 0.15) is 12.4 Å². The van der Waals surface area contributed by atoms with Crippen LogP contribution in [0.5, 0.6) is 5.75 Å². The van der Waals surface area contributed by atoms with Crippen molar-refractivity contribution in [3.05, 3.63) is 23.5 Å². The van der Waals surface area contributed by atoms with Crippen molar-refractivity contribution in [2.75, 3.05) is 6.61 Å². The number of hydrogen-bond donors (Lipinski definition) is 0. The summed E-state index contributed by atoms with van der Waals surface area (Å²) in [6.07, 6.45) is 4.17. The Balaban J connectivity index is 2.88. The van der Waals surface area contributed by atoms with Gasteiger partial charge in [-0.1, -0.05) is 0 Å². The van der Waals surface area contributed by atoms with E-state index in [1.807, 2.05) is 13.8 Å². The number of pyridine rings is 1. The van der Waals surface area contributed by atoms with E-state index in [1.165, 1.54) is 0 Å². The highest BCUT2D eigenvalue weighted by Crippen LogP contribution is 2.20. The summed E-state index contributed by atoms with van der Waals surface area (Å²) >= 11 is 0. The first-order valence-corrected chi connectivity index (χ1v) is 3.73. The Morgan fingerprint density at radius 1 is 1.42 bits per heavy atom. The lowest BCUT2D eigenvalue weighted by atomic mass is 10.2. The molecular formula is C9H11NO2. The van der Waals surface area contributed by atoms with E-state index < -0.39 is 0 Å². The molecule has 0 spiro atoms. The van der Waals surface area contributed by atoms with E-state index >= 15 is 0 Å². The minimum absolute atomic E-state index is 0.103. The van der Waals surface area contributed by atoms with Crippen molar-refractivity contribution in [3.63, 3.8) is 0 Å². The van der Waals surface area contributed by atoms with Crippen molar-refractivity contribution < 1.29 is 9.53 Å². The monoisotopic (exact) mass is 165 g/mol. The predicted molar refractivity (Wildman–Crippen MR) is 45.3 cm³/mol. The summed E-state index contributed by atoms with van der Waals surface area (Å²) in [5, 5.41) is 0. The van der Waals surface area contributed by atoms with Gasteiger partial charge in [0.25, 0.3) is 0 Å². The lowest BCUT2D eigenvalue weighted by Crippen LogP contribution is -2.01. The SMILES string of the molecule is Cc1cncc(C)c1OCC=O. The van der Waals surface area contributed by atoms with Gasteiger partial charge in [-0.15, -0.1) is 0 Å². The summed E-state index contributed by atoms with van der Waals surface area (Å²) in [4.78, 5) is 14.0. The number of carbonyl (C=O) groups is 1. The largest absolute Gasteiger partial charge is 0.485 e. The average Bonchev–Trinajstić information content (AvgIpc) is 2.04.